The van der Waals surface area contributed by atoms with Gasteiger partial charge in [0.1, 0.15) is 42.7 Å². The Balaban J connectivity index is 2.20. The van der Waals surface area contributed by atoms with Gasteiger partial charge < -0.3 is 49.8 Å². The first kappa shape index (κ1) is 23.4. The molecule has 2 aliphatic rings. The first-order valence-electron chi connectivity index (χ1n) is 9.39. The van der Waals surface area contributed by atoms with Crippen LogP contribution in [0.5, 0.6) is 0 Å². The Morgan fingerprint density at radius 2 is 1.71 bits per heavy atom. The van der Waals surface area contributed by atoms with Crippen LogP contribution in [0.25, 0.3) is 0 Å². The van der Waals surface area contributed by atoms with E-state index in [-0.39, 0.29) is 0 Å². The van der Waals surface area contributed by atoms with Crippen LogP contribution in [-0.4, -0.2) is 106 Å². The van der Waals surface area contributed by atoms with E-state index in [1.807, 2.05) is 6.92 Å². The SMILES string of the molecule is CCCO[C@H]1O[C@H](C)[C@H](O)[C@H](O[C@H]2O[C@H](CO)[C@@H](O)[C@H](O)[C@H]2NC(C)=O)[C@H]1O. The number of hydrogen-bond acceptors (Lipinski definition) is 10. The Kier molecular flexibility index (Phi) is 8.55. The summed E-state index contributed by atoms with van der Waals surface area (Å²) in [6, 6.07) is -1.19. The largest absolute Gasteiger partial charge is 0.394 e. The summed E-state index contributed by atoms with van der Waals surface area (Å²) in [4.78, 5) is 11.5. The molecule has 164 valence electrons. The number of nitrogens with one attached hydrogen (secondary N) is 1. The Morgan fingerprint density at radius 3 is 2.29 bits per heavy atom. The van der Waals surface area contributed by atoms with Crippen LogP contribution in [0.4, 0.5) is 0 Å². The maximum atomic E-state index is 11.5. The standard InChI is InChI=1S/C17H31NO10/c1-4-5-25-17-14(24)15(11(21)7(2)26-17)28-16-10(18-8(3)20)13(23)12(22)9(6-19)27-16/h7,9-17,19,21-24H,4-6H2,1-3H3,(H,18,20)/t7-,9-,10-,11+,12-,13-,14-,15+,16-,17+/m1/s1. The van der Waals surface area contributed by atoms with Gasteiger partial charge in [0.2, 0.25) is 5.91 Å². The summed E-state index contributed by atoms with van der Waals surface area (Å²) in [5.74, 6) is -0.513. The third-order valence-corrected chi connectivity index (χ3v) is 4.81. The predicted octanol–water partition coefficient (Wildman–Crippen LogP) is -2.79. The summed E-state index contributed by atoms with van der Waals surface area (Å²) in [5, 5.41) is 53.1. The smallest absolute Gasteiger partial charge is 0.217 e. The van der Waals surface area contributed by atoms with Crippen LogP contribution in [0.1, 0.15) is 27.2 Å². The molecule has 6 N–H and O–H groups in total. The summed E-state index contributed by atoms with van der Waals surface area (Å²) in [6.07, 6.45) is -10.5. The number of carbonyl (C=O) groups excluding carboxylic acids is 1. The molecule has 0 spiro atoms. The molecule has 0 radical (unpaired) electrons. The van der Waals surface area contributed by atoms with Crippen molar-refractivity contribution in [3.05, 3.63) is 0 Å². The van der Waals surface area contributed by atoms with Gasteiger partial charge in [0.25, 0.3) is 0 Å². The molecule has 28 heavy (non-hydrogen) atoms. The van der Waals surface area contributed by atoms with Crippen LogP contribution in [-0.2, 0) is 23.7 Å². The molecule has 1 amide bonds. The molecule has 0 aromatic carbocycles. The molecular formula is C17H31NO10. The van der Waals surface area contributed by atoms with Gasteiger partial charge in [0, 0.05) is 13.5 Å². The molecule has 2 aliphatic heterocycles. The molecule has 2 rings (SSSR count). The molecule has 2 fully saturated rings. The molecule has 2 saturated heterocycles. The van der Waals surface area contributed by atoms with Gasteiger partial charge in [-0.2, -0.15) is 0 Å². The van der Waals surface area contributed by atoms with Crippen molar-refractivity contribution in [3.8, 4) is 0 Å². The number of hydrogen-bond donors (Lipinski definition) is 6. The number of amides is 1. The van der Waals surface area contributed by atoms with Crippen molar-refractivity contribution < 1.29 is 49.3 Å². The monoisotopic (exact) mass is 409 g/mol. The Morgan fingerprint density at radius 1 is 1.04 bits per heavy atom. The highest BCUT2D eigenvalue weighted by molar-refractivity contribution is 5.73. The van der Waals surface area contributed by atoms with E-state index in [2.05, 4.69) is 5.32 Å². The number of ether oxygens (including phenoxy) is 4. The summed E-state index contributed by atoms with van der Waals surface area (Å²) >= 11 is 0. The van der Waals surface area contributed by atoms with Crippen LogP contribution in [0.3, 0.4) is 0 Å². The topological polar surface area (TPSA) is 167 Å². The lowest BCUT2D eigenvalue weighted by molar-refractivity contribution is -0.343. The summed E-state index contributed by atoms with van der Waals surface area (Å²) in [6.45, 7) is 4.39. The van der Waals surface area contributed by atoms with Crippen LogP contribution < -0.4 is 5.32 Å². The first-order valence-corrected chi connectivity index (χ1v) is 9.39. The van der Waals surface area contributed by atoms with Gasteiger partial charge in [0.15, 0.2) is 12.6 Å². The first-order chi connectivity index (χ1) is 13.2. The molecule has 10 atom stereocenters. The van der Waals surface area contributed by atoms with Gasteiger partial charge in [-0.15, -0.1) is 0 Å². The average molecular weight is 409 g/mol. The molecule has 0 aliphatic carbocycles. The second-order valence-corrected chi connectivity index (χ2v) is 7.10. The zero-order valence-electron chi connectivity index (χ0n) is 16.2. The number of rotatable bonds is 7. The molecule has 11 heteroatoms. The van der Waals surface area contributed by atoms with Crippen molar-refractivity contribution in [2.24, 2.45) is 0 Å². The predicted molar refractivity (Wildman–Crippen MR) is 92.8 cm³/mol. The van der Waals surface area contributed by atoms with E-state index in [1.54, 1.807) is 6.92 Å². The van der Waals surface area contributed by atoms with Crippen LogP contribution >= 0.6 is 0 Å². The van der Waals surface area contributed by atoms with E-state index in [0.29, 0.717) is 13.0 Å². The third-order valence-electron chi connectivity index (χ3n) is 4.81. The van der Waals surface area contributed by atoms with E-state index in [9.17, 15) is 30.3 Å². The molecule has 2 heterocycles. The highest BCUT2D eigenvalue weighted by Gasteiger charge is 2.50. The van der Waals surface area contributed by atoms with Crippen molar-refractivity contribution in [2.45, 2.75) is 88.5 Å². The minimum atomic E-state index is -1.50. The van der Waals surface area contributed by atoms with Crippen molar-refractivity contribution >= 4 is 5.91 Å². The van der Waals surface area contributed by atoms with Crippen LogP contribution in [0, 0.1) is 0 Å². The molecule has 0 saturated carbocycles. The minimum Gasteiger partial charge on any atom is -0.394 e. The summed E-state index contributed by atoms with van der Waals surface area (Å²) < 4.78 is 22.1. The molecule has 0 aromatic rings. The van der Waals surface area contributed by atoms with Crippen molar-refractivity contribution in [1.82, 2.24) is 5.32 Å². The van der Waals surface area contributed by atoms with Gasteiger partial charge >= 0.3 is 0 Å². The molecule has 0 aromatic heterocycles. The fraction of sp³-hybridized carbons (Fsp3) is 0.941. The van der Waals surface area contributed by atoms with E-state index in [4.69, 9.17) is 18.9 Å². The van der Waals surface area contributed by atoms with Gasteiger partial charge in [-0.25, -0.2) is 0 Å². The molecular weight excluding hydrogens is 378 g/mol. The Labute approximate surface area is 163 Å². The van der Waals surface area contributed by atoms with Crippen LogP contribution in [0.2, 0.25) is 0 Å². The number of aliphatic hydroxyl groups excluding tert-OH is 5. The maximum absolute atomic E-state index is 11.5. The minimum absolute atomic E-state index is 0.323. The summed E-state index contributed by atoms with van der Waals surface area (Å²) in [5.41, 5.74) is 0. The molecule has 11 nitrogen and oxygen atoms in total. The fourth-order valence-corrected chi connectivity index (χ4v) is 3.27. The number of carbonyl (C=O) groups is 1. The lowest BCUT2D eigenvalue weighted by atomic mass is 9.95. The molecule has 0 unspecified atom stereocenters. The lowest BCUT2D eigenvalue weighted by Crippen LogP contribution is -2.67. The van der Waals surface area contributed by atoms with Crippen molar-refractivity contribution in [2.75, 3.05) is 13.2 Å². The second-order valence-electron chi connectivity index (χ2n) is 7.10. The Bertz CT molecular complexity index is 508. The average Bonchev–Trinajstić information content (AvgIpc) is 2.65. The highest BCUT2D eigenvalue weighted by Crippen LogP contribution is 2.29. The molecule has 0 bridgehead atoms. The zero-order chi connectivity index (χ0) is 21.0. The van der Waals surface area contributed by atoms with Gasteiger partial charge in [0.05, 0.1) is 12.7 Å². The zero-order valence-corrected chi connectivity index (χ0v) is 16.2. The van der Waals surface area contributed by atoms with Gasteiger partial charge in [-0.1, -0.05) is 6.92 Å². The van der Waals surface area contributed by atoms with Crippen LogP contribution in [0.15, 0.2) is 0 Å². The van der Waals surface area contributed by atoms with Gasteiger partial charge in [-0.05, 0) is 13.3 Å². The maximum Gasteiger partial charge on any atom is 0.217 e. The lowest BCUT2D eigenvalue weighted by Gasteiger charge is -2.46. The highest BCUT2D eigenvalue weighted by atomic mass is 16.7. The summed E-state index contributed by atoms with van der Waals surface area (Å²) in [7, 11) is 0. The quantitative estimate of drug-likeness (QED) is 0.259. The second kappa shape index (κ2) is 10.2. The third kappa shape index (κ3) is 5.17. The van der Waals surface area contributed by atoms with Crippen molar-refractivity contribution in [3.63, 3.8) is 0 Å². The fourth-order valence-electron chi connectivity index (χ4n) is 3.27. The van der Waals surface area contributed by atoms with Gasteiger partial charge in [-0.3, -0.25) is 4.79 Å². The van der Waals surface area contributed by atoms with E-state index in [0.717, 1.165) is 0 Å². The normalized spacial score (nSPS) is 44.3. The van der Waals surface area contributed by atoms with E-state index in [1.165, 1.54) is 6.92 Å². The Hall–Kier alpha value is -0.890. The van der Waals surface area contributed by atoms with E-state index >= 15 is 0 Å². The number of aliphatic hydroxyl groups is 5. The van der Waals surface area contributed by atoms with Crippen molar-refractivity contribution in [1.29, 1.82) is 0 Å². The van der Waals surface area contributed by atoms with E-state index < -0.39 is 73.9 Å².